The molecule has 2 aliphatic heterocycles. The summed E-state index contributed by atoms with van der Waals surface area (Å²) in [5.41, 5.74) is 6.16. The number of thioether (sulfide) groups is 1. The SMILES string of the molecule is Cc1nc(OC(F)F)cnc1C(=O)Nc1csc([C@]23CO[C@@H](C)C[C@@H]2CN=C(N)S3)n1. The Morgan fingerprint density at radius 1 is 1.45 bits per heavy atom. The lowest BCUT2D eigenvalue weighted by Crippen LogP contribution is -2.48. The Bertz CT molecular complexity index is 1020. The number of hydrogen-bond acceptors (Lipinski definition) is 10. The summed E-state index contributed by atoms with van der Waals surface area (Å²) in [7, 11) is 0. The fraction of sp³-hybridized carbons (Fsp3) is 0.500. The Balaban J connectivity index is 1.53. The molecule has 1 saturated heterocycles. The van der Waals surface area contributed by atoms with Gasteiger partial charge < -0.3 is 20.5 Å². The van der Waals surface area contributed by atoms with Crippen LogP contribution in [-0.2, 0) is 9.48 Å². The topological polar surface area (TPSA) is 125 Å². The lowest BCUT2D eigenvalue weighted by molar-refractivity contribution is -0.0531. The van der Waals surface area contributed by atoms with Gasteiger partial charge in [-0.05, 0) is 20.3 Å². The number of hydrogen-bond donors (Lipinski definition) is 2. The van der Waals surface area contributed by atoms with Crippen molar-refractivity contribution in [1.82, 2.24) is 15.0 Å². The maximum atomic E-state index is 12.6. The Morgan fingerprint density at radius 3 is 3.00 bits per heavy atom. The number of thiazole rings is 1. The van der Waals surface area contributed by atoms with Crippen LogP contribution in [-0.4, -0.2) is 51.9 Å². The van der Waals surface area contributed by atoms with Crippen LogP contribution in [0.5, 0.6) is 5.88 Å². The number of ether oxygens (including phenoxy) is 2. The molecule has 1 amide bonds. The van der Waals surface area contributed by atoms with Crippen molar-refractivity contribution in [3.8, 4) is 5.88 Å². The fourth-order valence-corrected chi connectivity index (χ4v) is 5.90. The number of amides is 1. The molecule has 13 heteroatoms. The van der Waals surface area contributed by atoms with E-state index in [1.54, 1.807) is 5.38 Å². The molecule has 3 N–H and O–H groups in total. The third-order valence-electron chi connectivity index (χ3n) is 5.07. The van der Waals surface area contributed by atoms with Crippen LogP contribution in [0, 0.1) is 12.8 Å². The third kappa shape index (κ3) is 4.48. The van der Waals surface area contributed by atoms with Gasteiger partial charge in [0.15, 0.2) is 5.17 Å². The van der Waals surface area contributed by atoms with Crippen molar-refractivity contribution in [3.05, 3.63) is 28.0 Å². The number of aromatic nitrogens is 3. The summed E-state index contributed by atoms with van der Waals surface area (Å²) < 4.78 is 34.3. The zero-order valence-electron chi connectivity index (χ0n) is 16.7. The molecule has 2 aromatic heterocycles. The first-order valence-corrected chi connectivity index (χ1v) is 11.1. The smallest absolute Gasteiger partial charge is 0.388 e. The molecule has 9 nitrogen and oxygen atoms in total. The number of nitrogens with zero attached hydrogens (tertiary/aromatic N) is 4. The van der Waals surface area contributed by atoms with Crippen LogP contribution >= 0.6 is 23.1 Å². The highest BCUT2D eigenvalue weighted by Crippen LogP contribution is 2.51. The largest absolute Gasteiger partial charge is 0.415 e. The predicted molar refractivity (Wildman–Crippen MR) is 113 cm³/mol. The number of rotatable bonds is 5. The molecule has 4 heterocycles. The van der Waals surface area contributed by atoms with E-state index in [2.05, 4.69) is 30.0 Å². The van der Waals surface area contributed by atoms with E-state index >= 15 is 0 Å². The zero-order valence-corrected chi connectivity index (χ0v) is 18.3. The number of carbonyl (C=O) groups is 1. The number of amidine groups is 1. The van der Waals surface area contributed by atoms with Gasteiger partial charge in [0.25, 0.3) is 5.91 Å². The minimum atomic E-state index is -3.02. The number of alkyl halides is 2. The van der Waals surface area contributed by atoms with Gasteiger partial charge in [0.1, 0.15) is 21.3 Å². The summed E-state index contributed by atoms with van der Waals surface area (Å²) in [5.74, 6) is -0.332. The monoisotopic (exact) mass is 470 g/mol. The van der Waals surface area contributed by atoms with Crippen molar-refractivity contribution in [3.63, 3.8) is 0 Å². The summed E-state index contributed by atoms with van der Waals surface area (Å²) in [5, 5.41) is 5.71. The predicted octanol–water partition coefficient (Wildman–Crippen LogP) is 2.78. The minimum Gasteiger partial charge on any atom is -0.415 e. The summed E-state index contributed by atoms with van der Waals surface area (Å²) in [6.45, 7) is 1.56. The van der Waals surface area contributed by atoms with E-state index in [1.165, 1.54) is 30.0 Å². The van der Waals surface area contributed by atoms with Gasteiger partial charge in [-0.25, -0.2) is 15.0 Å². The van der Waals surface area contributed by atoms with Crippen molar-refractivity contribution in [2.24, 2.45) is 16.6 Å². The number of anilines is 1. The van der Waals surface area contributed by atoms with Crippen molar-refractivity contribution in [2.75, 3.05) is 18.5 Å². The normalized spacial score (nSPS) is 25.6. The molecular weight excluding hydrogens is 450 g/mol. The second kappa shape index (κ2) is 8.63. The molecule has 166 valence electrons. The number of halogens is 2. The van der Waals surface area contributed by atoms with Gasteiger partial charge in [-0.3, -0.25) is 9.79 Å². The average molecular weight is 471 g/mol. The number of carbonyl (C=O) groups excluding carboxylic acids is 1. The second-order valence-corrected chi connectivity index (χ2v) is 9.45. The Hall–Kier alpha value is -2.38. The quantitative estimate of drug-likeness (QED) is 0.684. The summed E-state index contributed by atoms with van der Waals surface area (Å²) in [6, 6.07) is 0. The molecule has 2 aliphatic rings. The van der Waals surface area contributed by atoms with E-state index in [0.29, 0.717) is 24.1 Å². The fourth-order valence-electron chi connectivity index (χ4n) is 3.61. The van der Waals surface area contributed by atoms with Crippen molar-refractivity contribution in [1.29, 1.82) is 0 Å². The standard InChI is InChI=1S/C18H20F2N6O3S2/c1-8-3-10-4-23-17(21)31-18(10,7-28-8)15-26-11(6-30-15)25-14(27)13-9(2)24-12(5-22-13)29-16(19)20/h5-6,8,10,16H,3-4,7H2,1-2H3,(H2,21,23)(H,25,27)/t8-,10+,18-/m0/s1. The molecule has 31 heavy (non-hydrogen) atoms. The van der Waals surface area contributed by atoms with Gasteiger partial charge in [-0.2, -0.15) is 8.78 Å². The van der Waals surface area contributed by atoms with Crippen LogP contribution in [0.2, 0.25) is 0 Å². The Labute approximate surface area is 184 Å². The van der Waals surface area contributed by atoms with Gasteiger partial charge in [0, 0.05) is 17.8 Å². The summed E-state index contributed by atoms with van der Waals surface area (Å²) in [4.78, 5) is 29.4. The molecule has 0 aromatic carbocycles. The van der Waals surface area contributed by atoms with Gasteiger partial charge in [0.05, 0.1) is 24.6 Å². The maximum absolute atomic E-state index is 12.6. The number of aryl methyl sites for hydroxylation is 1. The molecule has 0 bridgehead atoms. The van der Waals surface area contributed by atoms with Crippen molar-refractivity contribution in [2.45, 2.75) is 37.7 Å². The average Bonchev–Trinajstić information content (AvgIpc) is 3.17. The van der Waals surface area contributed by atoms with Crippen molar-refractivity contribution >= 4 is 40.0 Å². The van der Waals surface area contributed by atoms with E-state index in [9.17, 15) is 13.6 Å². The van der Waals surface area contributed by atoms with E-state index in [0.717, 1.165) is 17.6 Å². The van der Waals surface area contributed by atoms with Crippen LogP contribution < -0.4 is 15.8 Å². The minimum absolute atomic E-state index is 0.00884. The molecule has 1 fully saturated rings. The molecule has 0 unspecified atom stereocenters. The molecule has 0 saturated carbocycles. The first kappa shape index (κ1) is 21.8. The molecule has 3 atom stereocenters. The molecule has 0 spiro atoms. The molecule has 0 aliphatic carbocycles. The van der Waals surface area contributed by atoms with E-state index in [4.69, 9.17) is 10.5 Å². The number of aliphatic imine (C=N–C) groups is 1. The lowest BCUT2D eigenvalue weighted by atomic mass is 9.85. The second-order valence-electron chi connectivity index (χ2n) is 7.24. The number of nitrogens with two attached hydrogens (primary N) is 1. The highest BCUT2D eigenvalue weighted by Gasteiger charge is 2.50. The third-order valence-corrected chi connectivity index (χ3v) is 7.57. The van der Waals surface area contributed by atoms with Crippen LogP contribution in [0.25, 0.3) is 0 Å². The number of fused-ring (bicyclic) bond motifs is 1. The molecule has 4 rings (SSSR count). The summed E-state index contributed by atoms with van der Waals surface area (Å²) >= 11 is 2.86. The van der Waals surface area contributed by atoms with Crippen LogP contribution in [0.4, 0.5) is 14.6 Å². The molecular formula is C18H20F2N6O3S2. The van der Waals surface area contributed by atoms with E-state index in [-0.39, 0.29) is 29.3 Å². The maximum Gasteiger partial charge on any atom is 0.388 e. The van der Waals surface area contributed by atoms with E-state index in [1.807, 2.05) is 6.92 Å². The lowest BCUT2D eigenvalue weighted by Gasteiger charge is -2.45. The van der Waals surface area contributed by atoms with Gasteiger partial charge >= 0.3 is 6.61 Å². The number of nitrogens with one attached hydrogen (secondary N) is 1. The van der Waals surface area contributed by atoms with E-state index < -0.39 is 17.3 Å². The van der Waals surface area contributed by atoms with Crippen LogP contribution in [0.3, 0.4) is 0 Å². The first-order valence-electron chi connectivity index (χ1n) is 9.43. The highest BCUT2D eigenvalue weighted by molar-refractivity contribution is 8.14. The van der Waals surface area contributed by atoms with Gasteiger partial charge in [-0.1, -0.05) is 11.8 Å². The van der Waals surface area contributed by atoms with Gasteiger partial charge in [-0.15, -0.1) is 11.3 Å². The highest BCUT2D eigenvalue weighted by atomic mass is 32.2. The molecule has 2 aromatic rings. The Kier molecular flexibility index (Phi) is 6.08. The van der Waals surface area contributed by atoms with Crippen LogP contribution in [0.15, 0.2) is 16.6 Å². The molecule has 0 radical (unpaired) electrons. The van der Waals surface area contributed by atoms with Crippen molar-refractivity contribution < 1.29 is 23.0 Å². The Morgan fingerprint density at radius 2 is 2.26 bits per heavy atom. The van der Waals surface area contributed by atoms with Crippen LogP contribution in [0.1, 0.15) is 34.5 Å². The van der Waals surface area contributed by atoms with Gasteiger partial charge in [0.2, 0.25) is 5.88 Å². The zero-order chi connectivity index (χ0) is 22.2. The first-order chi connectivity index (χ1) is 14.8. The summed E-state index contributed by atoms with van der Waals surface area (Å²) in [6.07, 6.45) is 1.95.